The van der Waals surface area contributed by atoms with Gasteiger partial charge in [-0.2, -0.15) is 0 Å². The van der Waals surface area contributed by atoms with E-state index in [9.17, 15) is 4.79 Å². The largest absolute Gasteiger partial charge is 0.385 e. The third-order valence-electron chi connectivity index (χ3n) is 2.42. The first-order chi connectivity index (χ1) is 8.04. The van der Waals surface area contributed by atoms with Gasteiger partial charge in [0.1, 0.15) is 0 Å². The highest BCUT2D eigenvalue weighted by atomic mass is 79.9. The van der Waals surface area contributed by atoms with Gasteiger partial charge in [0.15, 0.2) is 0 Å². The lowest BCUT2D eigenvalue weighted by Crippen LogP contribution is -2.36. The van der Waals surface area contributed by atoms with Crippen molar-refractivity contribution in [3.05, 3.63) is 28.2 Å². The van der Waals surface area contributed by atoms with Gasteiger partial charge in [-0.15, -0.1) is 0 Å². The Balaban J connectivity index is 2.61. The molecule has 0 bridgehead atoms. The Labute approximate surface area is 110 Å². The number of nitrogens with one attached hydrogen (secondary N) is 1. The van der Waals surface area contributed by atoms with Gasteiger partial charge in [0, 0.05) is 23.9 Å². The van der Waals surface area contributed by atoms with Gasteiger partial charge in [-0.25, -0.2) is 0 Å². The van der Waals surface area contributed by atoms with E-state index in [1.165, 1.54) is 0 Å². The number of methoxy groups -OCH3 is 1. The normalized spacial score (nSPS) is 12.2. The van der Waals surface area contributed by atoms with Crippen molar-refractivity contribution < 1.29 is 9.53 Å². The highest BCUT2D eigenvalue weighted by molar-refractivity contribution is 9.10. The number of nitrogens with two attached hydrogens (primary N) is 1. The monoisotopic (exact) mass is 300 g/mol. The van der Waals surface area contributed by atoms with Crippen LogP contribution >= 0.6 is 15.9 Å². The molecule has 17 heavy (non-hydrogen) atoms. The van der Waals surface area contributed by atoms with Crippen molar-refractivity contribution in [3.8, 4) is 0 Å². The summed E-state index contributed by atoms with van der Waals surface area (Å²) in [5.41, 5.74) is 7.51. The summed E-state index contributed by atoms with van der Waals surface area (Å²) in [6.07, 6.45) is 0.512. The van der Waals surface area contributed by atoms with Crippen molar-refractivity contribution >= 4 is 27.5 Å². The van der Waals surface area contributed by atoms with Gasteiger partial charge in [0.25, 0.3) is 0 Å². The van der Waals surface area contributed by atoms with E-state index in [0.29, 0.717) is 13.0 Å². The molecule has 3 N–H and O–H groups in total. The van der Waals surface area contributed by atoms with Crippen LogP contribution in [0.15, 0.2) is 22.7 Å². The van der Waals surface area contributed by atoms with Crippen LogP contribution in [0.1, 0.15) is 12.0 Å². The Bertz CT molecular complexity index is 396. The first-order valence-electron chi connectivity index (χ1n) is 5.36. The molecular weight excluding hydrogens is 284 g/mol. The molecule has 0 aromatic heterocycles. The molecule has 0 fully saturated rings. The average Bonchev–Trinajstić information content (AvgIpc) is 2.29. The van der Waals surface area contributed by atoms with Gasteiger partial charge in [0.05, 0.1) is 6.04 Å². The van der Waals surface area contributed by atoms with Gasteiger partial charge in [-0.1, -0.05) is 15.9 Å². The number of rotatable bonds is 5. The number of ether oxygens (including phenoxy) is 1. The van der Waals surface area contributed by atoms with Crippen molar-refractivity contribution in [1.29, 1.82) is 0 Å². The highest BCUT2D eigenvalue weighted by Gasteiger charge is 2.13. The predicted molar refractivity (Wildman–Crippen MR) is 72.0 cm³/mol. The fourth-order valence-corrected chi connectivity index (χ4v) is 1.84. The molecule has 0 aliphatic carbocycles. The van der Waals surface area contributed by atoms with Crippen LogP contribution in [0.2, 0.25) is 0 Å². The number of carbonyl (C=O) groups is 1. The summed E-state index contributed by atoms with van der Waals surface area (Å²) in [7, 11) is 1.59. The SMILES string of the molecule is COCCC(N)C(=O)Nc1ccc(Br)cc1C. The molecule has 94 valence electrons. The number of halogens is 1. The molecule has 5 heteroatoms. The Kier molecular flexibility index (Phi) is 5.61. The molecule has 0 spiro atoms. The molecule has 0 saturated carbocycles. The molecule has 0 saturated heterocycles. The summed E-state index contributed by atoms with van der Waals surface area (Å²) < 4.78 is 5.87. The van der Waals surface area contributed by atoms with Gasteiger partial charge < -0.3 is 15.8 Å². The van der Waals surface area contributed by atoms with E-state index in [2.05, 4.69) is 21.2 Å². The lowest BCUT2D eigenvalue weighted by molar-refractivity contribution is -0.117. The van der Waals surface area contributed by atoms with Crippen molar-refractivity contribution in [3.63, 3.8) is 0 Å². The van der Waals surface area contributed by atoms with E-state index in [1.807, 2.05) is 25.1 Å². The second kappa shape index (κ2) is 6.74. The molecule has 0 aliphatic heterocycles. The van der Waals surface area contributed by atoms with Gasteiger partial charge in [0.2, 0.25) is 5.91 Å². The standard InChI is InChI=1S/C12H17BrN2O2/c1-8-7-9(13)3-4-11(8)15-12(16)10(14)5-6-17-2/h3-4,7,10H,5-6,14H2,1-2H3,(H,15,16). The Morgan fingerprint density at radius 2 is 2.29 bits per heavy atom. The number of hydrogen-bond donors (Lipinski definition) is 2. The topological polar surface area (TPSA) is 64.3 Å². The van der Waals surface area contributed by atoms with Crippen LogP contribution < -0.4 is 11.1 Å². The Hall–Kier alpha value is -0.910. The Morgan fingerprint density at radius 3 is 2.88 bits per heavy atom. The number of benzene rings is 1. The number of hydrogen-bond acceptors (Lipinski definition) is 3. The second-order valence-electron chi connectivity index (χ2n) is 3.84. The first kappa shape index (κ1) is 14.2. The summed E-state index contributed by atoms with van der Waals surface area (Å²) in [5, 5.41) is 2.81. The number of aryl methyl sites for hydroxylation is 1. The van der Waals surface area contributed by atoms with Crippen molar-refractivity contribution in [2.75, 3.05) is 19.0 Å². The highest BCUT2D eigenvalue weighted by Crippen LogP contribution is 2.20. The minimum absolute atomic E-state index is 0.188. The molecule has 0 radical (unpaired) electrons. The zero-order chi connectivity index (χ0) is 12.8. The van der Waals surface area contributed by atoms with Crippen LogP contribution in [0.5, 0.6) is 0 Å². The first-order valence-corrected chi connectivity index (χ1v) is 6.15. The molecule has 0 aliphatic rings. The van der Waals surface area contributed by atoms with Crippen molar-refractivity contribution in [2.24, 2.45) is 5.73 Å². The van der Waals surface area contributed by atoms with E-state index in [4.69, 9.17) is 10.5 Å². The van der Waals surface area contributed by atoms with Crippen LogP contribution in [-0.2, 0) is 9.53 Å². The molecule has 1 unspecified atom stereocenters. The quantitative estimate of drug-likeness (QED) is 0.875. The lowest BCUT2D eigenvalue weighted by atomic mass is 10.1. The fourth-order valence-electron chi connectivity index (χ4n) is 1.37. The van der Waals surface area contributed by atoms with Crippen molar-refractivity contribution in [1.82, 2.24) is 0 Å². The Morgan fingerprint density at radius 1 is 1.59 bits per heavy atom. The van der Waals surface area contributed by atoms with Crippen LogP contribution in [0, 0.1) is 6.92 Å². The molecule has 1 aromatic carbocycles. The second-order valence-corrected chi connectivity index (χ2v) is 4.75. The number of amides is 1. The average molecular weight is 301 g/mol. The lowest BCUT2D eigenvalue weighted by Gasteiger charge is -2.13. The molecule has 1 atom stereocenters. The maximum absolute atomic E-state index is 11.8. The van der Waals surface area contributed by atoms with E-state index >= 15 is 0 Å². The molecule has 1 aromatic rings. The van der Waals surface area contributed by atoms with Gasteiger partial charge in [-0.3, -0.25) is 4.79 Å². The third kappa shape index (κ3) is 4.46. The zero-order valence-corrected chi connectivity index (χ0v) is 11.6. The number of anilines is 1. The third-order valence-corrected chi connectivity index (χ3v) is 2.91. The smallest absolute Gasteiger partial charge is 0.241 e. The summed E-state index contributed by atoms with van der Waals surface area (Å²) in [4.78, 5) is 11.8. The minimum Gasteiger partial charge on any atom is -0.385 e. The summed E-state index contributed by atoms with van der Waals surface area (Å²) in [6.45, 7) is 2.41. The summed E-state index contributed by atoms with van der Waals surface area (Å²) in [5.74, 6) is -0.188. The van der Waals surface area contributed by atoms with E-state index in [1.54, 1.807) is 7.11 Å². The summed E-state index contributed by atoms with van der Waals surface area (Å²) in [6, 6.07) is 5.12. The molecule has 0 heterocycles. The molecule has 1 rings (SSSR count). The van der Waals surface area contributed by atoms with Crippen LogP contribution in [0.25, 0.3) is 0 Å². The maximum atomic E-state index is 11.8. The molecular formula is C12H17BrN2O2. The van der Waals surface area contributed by atoms with Crippen LogP contribution in [-0.4, -0.2) is 25.7 Å². The fraction of sp³-hybridized carbons (Fsp3) is 0.417. The summed E-state index contributed by atoms with van der Waals surface area (Å²) >= 11 is 3.37. The minimum atomic E-state index is -0.544. The predicted octanol–water partition coefficient (Wildman–Crippen LogP) is 2.06. The number of carbonyl (C=O) groups excluding carboxylic acids is 1. The van der Waals surface area contributed by atoms with E-state index in [0.717, 1.165) is 15.7 Å². The molecule has 1 amide bonds. The van der Waals surface area contributed by atoms with Gasteiger partial charge >= 0.3 is 0 Å². The van der Waals surface area contributed by atoms with Gasteiger partial charge in [-0.05, 0) is 37.1 Å². The molecule has 4 nitrogen and oxygen atoms in total. The maximum Gasteiger partial charge on any atom is 0.241 e. The van der Waals surface area contributed by atoms with E-state index in [-0.39, 0.29) is 5.91 Å². The zero-order valence-electron chi connectivity index (χ0n) is 10.00. The van der Waals surface area contributed by atoms with Crippen molar-refractivity contribution in [2.45, 2.75) is 19.4 Å². The van der Waals surface area contributed by atoms with E-state index < -0.39 is 6.04 Å². The van der Waals surface area contributed by atoms with Crippen LogP contribution in [0.3, 0.4) is 0 Å². The van der Waals surface area contributed by atoms with Crippen LogP contribution in [0.4, 0.5) is 5.69 Å².